The minimum Gasteiger partial charge on any atom is -0.400 e. The molecule has 2 aromatic rings. The Bertz CT molecular complexity index is 477. The summed E-state index contributed by atoms with van der Waals surface area (Å²) in [6.07, 6.45) is 3.66. The zero-order chi connectivity index (χ0) is 12.8. The second-order valence-electron chi connectivity index (χ2n) is 2.81. The van der Waals surface area contributed by atoms with Crippen LogP contribution in [0.5, 0.6) is 0 Å². The fourth-order valence-corrected chi connectivity index (χ4v) is 1.73. The fourth-order valence-electron chi connectivity index (χ4n) is 1.17. The minimum absolute atomic E-state index is 0.287. The highest BCUT2D eigenvalue weighted by molar-refractivity contribution is 6.38. The molecule has 0 aliphatic rings. The molecule has 0 spiro atoms. The lowest BCUT2D eigenvalue weighted by atomic mass is 10.2. The van der Waals surface area contributed by atoms with E-state index in [0.29, 0.717) is 22.0 Å². The van der Waals surface area contributed by atoms with Crippen molar-refractivity contribution < 1.29 is 9.90 Å². The quantitative estimate of drug-likeness (QED) is 0.850. The van der Waals surface area contributed by atoms with Crippen LogP contribution in [0.4, 0.5) is 0 Å². The van der Waals surface area contributed by atoms with E-state index < -0.39 is 0 Å². The summed E-state index contributed by atoms with van der Waals surface area (Å²) in [4.78, 5) is 10.6. The molecule has 0 saturated carbocycles. The number of halogens is 2. The Kier molecular flexibility index (Phi) is 5.09. The summed E-state index contributed by atoms with van der Waals surface area (Å²) in [5.74, 6) is 0. The van der Waals surface area contributed by atoms with Gasteiger partial charge in [-0.15, -0.1) is 10.2 Å². The van der Waals surface area contributed by atoms with Gasteiger partial charge in [-0.2, -0.15) is 0 Å². The molecule has 90 valence electrons. The van der Waals surface area contributed by atoms with Gasteiger partial charge in [0.25, 0.3) is 0 Å². The van der Waals surface area contributed by atoms with E-state index in [-0.39, 0.29) is 5.56 Å². The SMILES string of the molecule is CO.O=Cc1c(Cl)cc(-n2cnnc2)cc1Cl. The first-order valence-electron chi connectivity index (χ1n) is 4.46. The van der Waals surface area contributed by atoms with Crippen LogP contribution >= 0.6 is 23.2 Å². The molecule has 1 N–H and O–H groups in total. The van der Waals surface area contributed by atoms with Crippen LogP contribution in [0.1, 0.15) is 10.4 Å². The highest BCUT2D eigenvalue weighted by Gasteiger charge is 2.08. The lowest BCUT2D eigenvalue weighted by molar-refractivity contribution is 0.112. The predicted molar refractivity (Wildman–Crippen MR) is 64.9 cm³/mol. The molecule has 0 aliphatic carbocycles. The molecule has 0 aliphatic heterocycles. The maximum absolute atomic E-state index is 10.6. The number of carbonyl (C=O) groups excluding carboxylic acids is 1. The maximum Gasteiger partial charge on any atom is 0.153 e. The van der Waals surface area contributed by atoms with E-state index in [9.17, 15) is 4.79 Å². The number of aldehydes is 1. The van der Waals surface area contributed by atoms with Crippen LogP contribution in [0, 0.1) is 0 Å². The van der Waals surface area contributed by atoms with Crippen LogP contribution in [0.15, 0.2) is 24.8 Å². The second-order valence-corrected chi connectivity index (χ2v) is 3.62. The topological polar surface area (TPSA) is 68.0 Å². The Labute approximate surface area is 108 Å². The molecule has 0 amide bonds. The number of hydrogen-bond donors (Lipinski definition) is 1. The van der Waals surface area contributed by atoms with Gasteiger partial charge in [0.2, 0.25) is 0 Å². The van der Waals surface area contributed by atoms with Crippen molar-refractivity contribution in [3.05, 3.63) is 40.4 Å². The average molecular weight is 274 g/mol. The summed E-state index contributed by atoms with van der Waals surface area (Å²) < 4.78 is 1.65. The van der Waals surface area contributed by atoms with Crippen LogP contribution in [-0.4, -0.2) is 33.3 Å². The molecule has 1 aromatic heterocycles. The molecule has 0 atom stereocenters. The van der Waals surface area contributed by atoms with Crippen molar-refractivity contribution in [2.24, 2.45) is 0 Å². The van der Waals surface area contributed by atoms with Crippen molar-refractivity contribution >= 4 is 29.5 Å². The van der Waals surface area contributed by atoms with Gasteiger partial charge in [0.05, 0.1) is 21.3 Å². The molecule has 2 rings (SSSR count). The molecular weight excluding hydrogens is 265 g/mol. The second kappa shape index (κ2) is 6.34. The number of rotatable bonds is 2. The first-order valence-corrected chi connectivity index (χ1v) is 5.22. The van der Waals surface area contributed by atoms with Crippen molar-refractivity contribution in [1.82, 2.24) is 14.8 Å². The van der Waals surface area contributed by atoms with Gasteiger partial charge in [-0.3, -0.25) is 9.36 Å². The molecule has 7 heteroatoms. The largest absolute Gasteiger partial charge is 0.400 e. The van der Waals surface area contributed by atoms with Crippen LogP contribution in [-0.2, 0) is 0 Å². The lowest BCUT2D eigenvalue weighted by Crippen LogP contribution is -1.93. The normalized spacial score (nSPS) is 9.41. The highest BCUT2D eigenvalue weighted by atomic mass is 35.5. The average Bonchev–Trinajstić information content (AvgIpc) is 2.84. The summed E-state index contributed by atoms with van der Waals surface area (Å²) in [5, 5.41) is 14.9. The Balaban J connectivity index is 0.000000686. The number of benzene rings is 1. The predicted octanol–water partition coefficient (Wildman–Crippen LogP) is 2.00. The van der Waals surface area contributed by atoms with Crippen LogP contribution in [0.2, 0.25) is 10.0 Å². The molecule has 17 heavy (non-hydrogen) atoms. The van der Waals surface area contributed by atoms with E-state index in [0.717, 1.165) is 7.11 Å². The van der Waals surface area contributed by atoms with Gasteiger partial charge >= 0.3 is 0 Å². The maximum atomic E-state index is 10.6. The Morgan fingerprint density at radius 1 is 1.18 bits per heavy atom. The number of aliphatic hydroxyl groups is 1. The standard InChI is InChI=1S/C9H5Cl2N3O.CH4O/c10-8-1-6(14-4-12-13-5-14)2-9(11)7(8)3-15;1-2/h1-5H;2H,1H3. The van der Waals surface area contributed by atoms with Crippen molar-refractivity contribution in [3.8, 4) is 5.69 Å². The molecular formula is C10H9Cl2N3O2. The molecule has 0 radical (unpaired) electrons. The Morgan fingerprint density at radius 3 is 2.06 bits per heavy atom. The molecule has 0 unspecified atom stereocenters. The number of carbonyl (C=O) groups is 1. The van der Waals surface area contributed by atoms with Gasteiger partial charge in [0, 0.05) is 7.11 Å². The summed E-state index contributed by atoms with van der Waals surface area (Å²) in [5.41, 5.74) is 0.996. The van der Waals surface area contributed by atoms with Gasteiger partial charge < -0.3 is 5.11 Å². The first-order chi connectivity index (χ1) is 8.22. The lowest BCUT2D eigenvalue weighted by Gasteiger charge is -2.05. The van der Waals surface area contributed by atoms with Gasteiger partial charge in [0.15, 0.2) is 6.29 Å². The van der Waals surface area contributed by atoms with Gasteiger partial charge in [-0.05, 0) is 12.1 Å². The summed E-state index contributed by atoms with van der Waals surface area (Å²) in [7, 11) is 1.00. The van der Waals surface area contributed by atoms with Gasteiger partial charge in [-0.25, -0.2) is 0 Å². The number of nitrogens with zero attached hydrogens (tertiary/aromatic N) is 3. The van der Waals surface area contributed by atoms with E-state index in [1.54, 1.807) is 16.7 Å². The summed E-state index contributed by atoms with van der Waals surface area (Å²) in [6, 6.07) is 3.25. The Hall–Kier alpha value is -1.43. The zero-order valence-electron chi connectivity index (χ0n) is 8.84. The molecule has 5 nitrogen and oxygen atoms in total. The minimum atomic E-state index is 0.287. The van der Waals surface area contributed by atoms with Crippen LogP contribution < -0.4 is 0 Å². The zero-order valence-corrected chi connectivity index (χ0v) is 10.4. The monoisotopic (exact) mass is 273 g/mol. The van der Waals surface area contributed by atoms with E-state index >= 15 is 0 Å². The third-order valence-corrected chi connectivity index (χ3v) is 2.52. The molecule has 1 aromatic carbocycles. The Morgan fingerprint density at radius 2 is 1.65 bits per heavy atom. The number of aliphatic hydroxyl groups excluding tert-OH is 1. The number of hydrogen-bond acceptors (Lipinski definition) is 4. The first kappa shape index (κ1) is 13.6. The van der Waals surface area contributed by atoms with Gasteiger partial charge in [0.1, 0.15) is 12.7 Å². The van der Waals surface area contributed by atoms with Crippen molar-refractivity contribution in [2.45, 2.75) is 0 Å². The van der Waals surface area contributed by atoms with E-state index in [1.165, 1.54) is 12.7 Å². The smallest absolute Gasteiger partial charge is 0.153 e. The van der Waals surface area contributed by atoms with Gasteiger partial charge in [-0.1, -0.05) is 23.2 Å². The van der Waals surface area contributed by atoms with E-state index in [1.807, 2.05) is 0 Å². The number of aromatic nitrogens is 3. The van der Waals surface area contributed by atoms with Crippen molar-refractivity contribution in [1.29, 1.82) is 0 Å². The highest BCUT2D eigenvalue weighted by Crippen LogP contribution is 2.26. The third-order valence-electron chi connectivity index (χ3n) is 1.90. The van der Waals surface area contributed by atoms with Crippen molar-refractivity contribution in [3.63, 3.8) is 0 Å². The summed E-state index contributed by atoms with van der Waals surface area (Å²) >= 11 is 11.8. The van der Waals surface area contributed by atoms with E-state index in [2.05, 4.69) is 10.2 Å². The fraction of sp³-hybridized carbons (Fsp3) is 0.100. The van der Waals surface area contributed by atoms with Crippen LogP contribution in [0.25, 0.3) is 5.69 Å². The van der Waals surface area contributed by atoms with Crippen LogP contribution in [0.3, 0.4) is 0 Å². The van der Waals surface area contributed by atoms with E-state index in [4.69, 9.17) is 28.3 Å². The molecule has 0 saturated heterocycles. The summed E-state index contributed by atoms with van der Waals surface area (Å²) in [6.45, 7) is 0. The molecule has 1 heterocycles. The van der Waals surface area contributed by atoms with Crippen molar-refractivity contribution in [2.75, 3.05) is 7.11 Å². The third kappa shape index (κ3) is 3.03. The molecule has 0 fully saturated rings. The molecule has 0 bridgehead atoms.